The Labute approximate surface area is 95.1 Å². The molecule has 0 heterocycles. The van der Waals surface area contributed by atoms with E-state index in [1.807, 2.05) is 0 Å². The van der Waals surface area contributed by atoms with Gasteiger partial charge < -0.3 is 9.47 Å². The Morgan fingerprint density at radius 3 is 2.19 bits per heavy atom. The molecule has 0 rings (SSSR count). The van der Waals surface area contributed by atoms with E-state index in [1.54, 1.807) is 20.8 Å². The maximum Gasteiger partial charge on any atom is 0.566 e. The summed E-state index contributed by atoms with van der Waals surface area (Å²) >= 11 is 0. The van der Waals surface area contributed by atoms with Gasteiger partial charge in [-0.15, -0.1) is 4.52 Å². The fourth-order valence-corrected chi connectivity index (χ4v) is 1.58. The van der Waals surface area contributed by atoms with Crippen LogP contribution in [0.1, 0.15) is 20.8 Å². The van der Waals surface area contributed by atoms with E-state index in [9.17, 15) is 14.2 Å². The topological polar surface area (TPSA) is 78.9 Å². The van der Waals surface area contributed by atoms with Crippen molar-refractivity contribution < 1.29 is 28.2 Å². The fraction of sp³-hybridized carbons (Fsp3) is 0.778. The van der Waals surface area contributed by atoms with E-state index in [0.29, 0.717) is 0 Å². The van der Waals surface area contributed by atoms with E-state index >= 15 is 0 Å². The quantitative estimate of drug-likeness (QED) is 0.525. The molecule has 0 aromatic heterocycles. The number of hydrogen-bond acceptors (Lipinski definition) is 6. The molecule has 0 aromatic rings. The lowest BCUT2D eigenvalue weighted by atomic mass is 10.2. The van der Waals surface area contributed by atoms with Gasteiger partial charge >= 0.3 is 25.8 Å². The normalized spacial score (nSPS) is 13.2. The first-order chi connectivity index (χ1) is 7.43. The van der Waals surface area contributed by atoms with E-state index in [1.165, 1.54) is 0 Å². The summed E-state index contributed by atoms with van der Waals surface area (Å²) in [6.45, 7) is 4.97. The van der Waals surface area contributed by atoms with Crippen LogP contribution in [-0.4, -0.2) is 31.5 Å². The highest BCUT2D eigenvalue weighted by molar-refractivity contribution is 7.41. The molecule has 0 aliphatic heterocycles. The average Bonchev–Trinajstić information content (AvgIpc) is 2.24. The van der Waals surface area contributed by atoms with Crippen molar-refractivity contribution in [1.82, 2.24) is 0 Å². The second kappa shape index (κ2) is 7.30. The SMILES string of the molecule is CCO[P+](=O)C(OC(=O)C(C)C)C(=O)OC. The van der Waals surface area contributed by atoms with Gasteiger partial charge in [0.2, 0.25) is 0 Å². The first-order valence-corrected chi connectivity index (χ1v) is 6.06. The zero-order valence-electron chi connectivity index (χ0n) is 9.76. The summed E-state index contributed by atoms with van der Waals surface area (Å²) in [4.78, 5) is 22.5. The molecule has 0 saturated heterocycles. The van der Waals surface area contributed by atoms with Crippen LogP contribution in [0.4, 0.5) is 0 Å². The van der Waals surface area contributed by atoms with Gasteiger partial charge in [0.05, 0.1) is 19.6 Å². The van der Waals surface area contributed by atoms with Crippen molar-refractivity contribution in [3.63, 3.8) is 0 Å². The van der Waals surface area contributed by atoms with Crippen molar-refractivity contribution >= 4 is 20.0 Å². The number of ether oxygens (including phenoxy) is 2. The second-order valence-electron chi connectivity index (χ2n) is 3.17. The molecule has 0 radical (unpaired) electrons. The molecule has 2 atom stereocenters. The maximum absolute atomic E-state index is 11.4. The summed E-state index contributed by atoms with van der Waals surface area (Å²) in [5.74, 6) is -3.42. The summed E-state index contributed by atoms with van der Waals surface area (Å²) in [6, 6.07) is 0. The van der Waals surface area contributed by atoms with Gasteiger partial charge in [0, 0.05) is 0 Å². The Morgan fingerprint density at radius 2 is 1.81 bits per heavy atom. The number of carbonyl (C=O) groups is 2. The van der Waals surface area contributed by atoms with Gasteiger partial charge in [-0.25, -0.2) is 4.79 Å². The van der Waals surface area contributed by atoms with Crippen LogP contribution in [0, 0.1) is 5.92 Å². The van der Waals surface area contributed by atoms with E-state index in [4.69, 9.17) is 9.26 Å². The maximum atomic E-state index is 11.4. The lowest BCUT2D eigenvalue weighted by Crippen LogP contribution is -2.27. The number of methoxy groups -OCH3 is 1. The molecule has 0 spiro atoms. The first kappa shape index (κ1) is 15.0. The molecule has 0 saturated carbocycles. The van der Waals surface area contributed by atoms with Crippen LogP contribution in [0.5, 0.6) is 0 Å². The number of rotatable bonds is 6. The zero-order chi connectivity index (χ0) is 12.7. The number of carbonyl (C=O) groups excluding carboxylic acids is 2. The average molecular weight is 251 g/mol. The fourth-order valence-electron chi connectivity index (χ4n) is 0.719. The summed E-state index contributed by atoms with van der Waals surface area (Å²) in [5, 5.41) is 0. The molecule has 6 nitrogen and oxygen atoms in total. The molecule has 92 valence electrons. The van der Waals surface area contributed by atoms with Crippen molar-refractivity contribution in [2.75, 3.05) is 13.7 Å². The minimum absolute atomic E-state index is 0.155. The van der Waals surface area contributed by atoms with Crippen molar-refractivity contribution in [2.45, 2.75) is 26.6 Å². The third-order valence-corrected chi connectivity index (χ3v) is 2.76. The number of esters is 2. The van der Waals surface area contributed by atoms with Crippen LogP contribution < -0.4 is 0 Å². The van der Waals surface area contributed by atoms with E-state index in [2.05, 4.69) is 4.74 Å². The Kier molecular flexibility index (Phi) is 6.85. The Bertz CT molecular complexity index is 275. The standard InChI is InChI=1S/C9H16O6P/c1-5-14-16(12)9(8(11)13-4)15-7(10)6(2)3/h6,9H,5H2,1-4H3/q+1. The smallest absolute Gasteiger partial charge is 0.463 e. The lowest BCUT2D eigenvalue weighted by Gasteiger charge is -2.08. The van der Waals surface area contributed by atoms with Crippen molar-refractivity contribution in [1.29, 1.82) is 0 Å². The van der Waals surface area contributed by atoms with E-state index in [-0.39, 0.29) is 6.61 Å². The predicted molar refractivity (Wildman–Crippen MR) is 56.0 cm³/mol. The minimum atomic E-state index is -2.41. The van der Waals surface area contributed by atoms with Crippen LogP contribution >= 0.6 is 8.03 Å². The highest BCUT2D eigenvalue weighted by Gasteiger charge is 2.45. The molecule has 0 aliphatic rings. The van der Waals surface area contributed by atoms with Gasteiger partial charge in [-0.1, -0.05) is 13.8 Å². The Morgan fingerprint density at radius 1 is 1.25 bits per heavy atom. The molecule has 16 heavy (non-hydrogen) atoms. The van der Waals surface area contributed by atoms with Crippen LogP contribution in [-0.2, 0) is 28.2 Å². The zero-order valence-corrected chi connectivity index (χ0v) is 10.7. The second-order valence-corrected chi connectivity index (χ2v) is 4.47. The van der Waals surface area contributed by atoms with Gasteiger partial charge in [-0.2, -0.15) is 0 Å². The summed E-state index contributed by atoms with van der Waals surface area (Å²) in [7, 11) is -1.30. The van der Waals surface area contributed by atoms with Gasteiger partial charge in [0.25, 0.3) is 0 Å². The molecule has 7 heteroatoms. The molecule has 2 unspecified atom stereocenters. The number of hydrogen-bond donors (Lipinski definition) is 0. The Hall–Kier alpha value is -1.00. The highest BCUT2D eigenvalue weighted by Crippen LogP contribution is 2.31. The third kappa shape index (κ3) is 4.68. The van der Waals surface area contributed by atoms with Gasteiger partial charge in [-0.05, 0) is 11.5 Å². The summed E-state index contributed by atoms with van der Waals surface area (Å²) in [5.41, 5.74) is 0. The van der Waals surface area contributed by atoms with Crippen LogP contribution in [0.25, 0.3) is 0 Å². The summed E-state index contributed by atoms with van der Waals surface area (Å²) in [6.07, 6.45) is 0. The molecule has 0 N–H and O–H groups in total. The van der Waals surface area contributed by atoms with Crippen LogP contribution in [0.2, 0.25) is 0 Å². The summed E-state index contributed by atoms with van der Waals surface area (Å²) < 4.78 is 25.3. The van der Waals surface area contributed by atoms with Crippen LogP contribution in [0.3, 0.4) is 0 Å². The highest BCUT2D eigenvalue weighted by atomic mass is 31.1. The largest absolute Gasteiger partial charge is 0.566 e. The monoisotopic (exact) mass is 251 g/mol. The molecule has 0 aliphatic carbocycles. The third-order valence-electron chi connectivity index (χ3n) is 1.55. The van der Waals surface area contributed by atoms with E-state index in [0.717, 1.165) is 7.11 Å². The molecular formula is C9H16O6P+. The van der Waals surface area contributed by atoms with Crippen LogP contribution in [0.15, 0.2) is 0 Å². The predicted octanol–water partition coefficient (Wildman–Crippen LogP) is 1.46. The lowest BCUT2D eigenvalue weighted by molar-refractivity contribution is -0.162. The van der Waals surface area contributed by atoms with Crippen molar-refractivity contribution in [2.24, 2.45) is 5.92 Å². The van der Waals surface area contributed by atoms with Gasteiger partial charge in [-0.3, -0.25) is 4.79 Å². The molecule has 0 bridgehead atoms. The Balaban J connectivity index is 4.62. The molecular weight excluding hydrogens is 235 g/mol. The van der Waals surface area contributed by atoms with Gasteiger partial charge in [0.15, 0.2) is 0 Å². The van der Waals surface area contributed by atoms with Gasteiger partial charge in [0.1, 0.15) is 0 Å². The molecule has 0 amide bonds. The minimum Gasteiger partial charge on any atom is -0.463 e. The molecule has 0 fully saturated rings. The molecule has 0 aromatic carbocycles. The van der Waals surface area contributed by atoms with Crippen molar-refractivity contribution in [3.05, 3.63) is 0 Å². The van der Waals surface area contributed by atoms with E-state index < -0.39 is 31.7 Å². The first-order valence-electron chi connectivity index (χ1n) is 4.81. The van der Waals surface area contributed by atoms with Crippen molar-refractivity contribution in [3.8, 4) is 0 Å².